The maximum absolute atomic E-state index is 12.4. The highest BCUT2D eigenvalue weighted by Crippen LogP contribution is 2.30. The average molecular weight is 323 g/mol. The SMILES string of the molecule is Cc1csc(C(=O)N2CCCC(CCN)C2)c1Cl.Cl. The van der Waals surface area contributed by atoms with E-state index in [0.29, 0.717) is 22.4 Å². The van der Waals surface area contributed by atoms with Gasteiger partial charge in [0.15, 0.2) is 0 Å². The van der Waals surface area contributed by atoms with Gasteiger partial charge in [-0.05, 0) is 49.6 Å². The quantitative estimate of drug-likeness (QED) is 0.927. The Morgan fingerprint density at radius 1 is 1.63 bits per heavy atom. The second-order valence-electron chi connectivity index (χ2n) is 4.90. The topological polar surface area (TPSA) is 46.3 Å². The van der Waals surface area contributed by atoms with Gasteiger partial charge in [-0.15, -0.1) is 23.7 Å². The summed E-state index contributed by atoms with van der Waals surface area (Å²) in [6.07, 6.45) is 3.25. The number of aryl methyl sites for hydroxylation is 1. The monoisotopic (exact) mass is 322 g/mol. The molecule has 6 heteroatoms. The van der Waals surface area contributed by atoms with Gasteiger partial charge in [0.2, 0.25) is 0 Å². The largest absolute Gasteiger partial charge is 0.338 e. The van der Waals surface area contributed by atoms with Gasteiger partial charge >= 0.3 is 0 Å². The summed E-state index contributed by atoms with van der Waals surface area (Å²) >= 11 is 7.61. The standard InChI is InChI=1S/C13H19ClN2OS.ClH/c1-9-8-18-12(11(9)14)13(17)16-6-2-3-10(7-16)4-5-15;/h8,10H,2-7,15H2,1H3;1H. The zero-order chi connectivity index (χ0) is 13.1. The van der Waals surface area contributed by atoms with Gasteiger partial charge in [0.25, 0.3) is 5.91 Å². The first-order valence-corrected chi connectivity index (χ1v) is 7.62. The van der Waals surface area contributed by atoms with E-state index in [9.17, 15) is 4.79 Å². The van der Waals surface area contributed by atoms with Crippen LogP contribution < -0.4 is 5.73 Å². The molecule has 1 aliphatic rings. The Kier molecular flexibility index (Phi) is 6.60. The molecule has 2 rings (SSSR count). The van der Waals surface area contributed by atoms with E-state index in [-0.39, 0.29) is 18.3 Å². The normalized spacial score (nSPS) is 19.1. The third-order valence-corrected chi connectivity index (χ3v) is 5.16. The highest BCUT2D eigenvalue weighted by molar-refractivity contribution is 7.13. The molecule has 108 valence electrons. The van der Waals surface area contributed by atoms with Crippen LogP contribution in [0.15, 0.2) is 5.38 Å². The number of hydrogen-bond acceptors (Lipinski definition) is 3. The Morgan fingerprint density at radius 3 is 2.95 bits per heavy atom. The number of carbonyl (C=O) groups excluding carboxylic acids is 1. The number of nitrogens with zero attached hydrogens (tertiary/aromatic N) is 1. The highest BCUT2D eigenvalue weighted by Gasteiger charge is 2.26. The van der Waals surface area contributed by atoms with Crippen molar-refractivity contribution in [1.29, 1.82) is 0 Å². The van der Waals surface area contributed by atoms with Crippen LogP contribution >= 0.6 is 35.3 Å². The lowest BCUT2D eigenvalue weighted by molar-refractivity contribution is 0.0674. The Labute approximate surface area is 129 Å². The number of amides is 1. The molecule has 0 aromatic carbocycles. The summed E-state index contributed by atoms with van der Waals surface area (Å²) < 4.78 is 0. The molecule has 0 spiro atoms. The molecule has 0 radical (unpaired) electrons. The molecule has 2 N–H and O–H groups in total. The van der Waals surface area contributed by atoms with Gasteiger partial charge in [-0.25, -0.2) is 0 Å². The lowest BCUT2D eigenvalue weighted by Crippen LogP contribution is -2.40. The van der Waals surface area contributed by atoms with Crippen LogP contribution in [0.5, 0.6) is 0 Å². The van der Waals surface area contributed by atoms with E-state index in [0.717, 1.165) is 31.5 Å². The highest BCUT2D eigenvalue weighted by atomic mass is 35.5. The minimum Gasteiger partial charge on any atom is -0.338 e. The first-order valence-electron chi connectivity index (χ1n) is 6.36. The summed E-state index contributed by atoms with van der Waals surface area (Å²) in [6.45, 7) is 4.30. The zero-order valence-electron chi connectivity index (χ0n) is 11.0. The van der Waals surface area contributed by atoms with Crippen molar-refractivity contribution in [2.75, 3.05) is 19.6 Å². The molecule has 0 aliphatic carbocycles. The van der Waals surface area contributed by atoms with Crippen molar-refractivity contribution in [3.05, 3.63) is 20.8 Å². The van der Waals surface area contributed by atoms with Gasteiger partial charge in [0, 0.05) is 13.1 Å². The number of hydrogen-bond donors (Lipinski definition) is 1. The second kappa shape index (κ2) is 7.48. The first-order chi connectivity index (χ1) is 8.63. The number of rotatable bonds is 3. The van der Waals surface area contributed by atoms with Gasteiger partial charge in [-0.2, -0.15) is 0 Å². The summed E-state index contributed by atoms with van der Waals surface area (Å²) in [4.78, 5) is 15.0. The van der Waals surface area contributed by atoms with E-state index in [2.05, 4.69) is 0 Å². The summed E-state index contributed by atoms with van der Waals surface area (Å²) in [5.41, 5.74) is 6.58. The first kappa shape index (κ1) is 16.8. The minimum atomic E-state index is 0. The van der Waals surface area contributed by atoms with E-state index < -0.39 is 0 Å². The van der Waals surface area contributed by atoms with Crippen LogP contribution in [0, 0.1) is 12.8 Å². The van der Waals surface area contributed by atoms with Crippen LogP contribution in [-0.4, -0.2) is 30.4 Å². The fraction of sp³-hybridized carbons (Fsp3) is 0.615. The number of carbonyl (C=O) groups is 1. The molecule has 19 heavy (non-hydrogen) atoms. The molecule has 1 fully saturated rings. The summed E-state index contributed by atoms with van der Waals surface area (Å²) in [6, 6.07) is 0. The van der Waals surface area contributed by atoms with Crippen molar-refractivity contribution in [3.63, 3.8) is 0 Å². The van der Waals surface area contributed by atoms with Crippen molar-refractivity contribution >= 4 is 41.3 Å². The average Bonchev–Trinajstić information content (AvgIpc) is 2.70. The lowest BCUT2D eigenvalue weighted by Gasteiger charge is -2.32. The Balaban J connectivity index is 0.00000180. The van der Waals surface area contributed by atoms with Crippen molar-refractivity contribution in [2.45, 2.75) is 26.2 Å². The molecular weight excluding hydrogens is 303 g/mol. The van der Waals surface area contributed by atoms with Gasteiger partial charge in [-0.1, -0.05) is 11.6 Å². The van der Waals surface area contributed by atoms with Gasteiger partial charge in [-0.3, -0.25) is 4.79 Å². The summed E-state index contributed by atoms with van der Waals surface area (Å²) in [5.74, 6) is 0.632. The van der Waals surface area contributed by atoms with Crippen molar-refractivity contribution in [3.8, 4) is 0 Å². The molecule has 1 aromatic heterocycles. The summed E-state index contributed by atoms with van der Waals surface area (Å²) in [5, 5.41) is 2.56. The van der Waals surface area contributed by atoms with Crippen LogP contribution in [0.25, 0.3) is 0 Å². The van der Waals surface area contributed by atoms with Gasteiger partial charge < -0.3 is 10.6 Å². The number of piperidine rings is 1. The van der Waals surface area contributed by atoms with Crippen LogP contribution in [0.2, 0.25) is 5.02 Å². The molecule has 0 saturated carbocycles. The number of halogens is 2. The van der Waals surface area contributed by atoms with E-state index in [1.807, 2.05) is 17.2 Å². The molecule has 1 unspecified atom stereocenters. The van der Waals surface area contributed by atoms with Crippen LogP contribution in [0.4, 0.5) is 0 Å². The third kappa shape index (κ3) is 3.85. The maximum atomic E-state index is 12.4. The molecule has 1 atom stereocenters. The zero-order valence-corrected chi connectivity index (χ0v) is 13.4. The van der Waals surface area contributed by atoms with E-state index in [1.165, 1.54) is 17.8 Å². The third-order valence-electron chi connectivity index (χ3n) is 3.47. The second-order valence-corrected chi connectivity index (χ2v) is 6.16. The molecule has 2 heterocycles. The Hall–Kier alpha value is -0.290. The maximum Gasteiger partial charge on any atom is 0.265 e. The predicted octanol–water partition coefficient (Wildman–Crippen LogP) is 3.33. The molecule has 1 saturated heterocycles. The molecule has 0 bridgehead atoms. The Morgan fingerprint density at radius 2 is 2.37 bits per heavy atom. The summed E-state index contributed by atoms with van der Waals surface area (Å²) in [7, 11) is 0. The fourth-order valence-corrected chi connectivity index (χ4v) is 3.68. The van der Waals surface area contributed by atoms with E-state index >= 15 is 0 Å². The number of likely N-dealkylation sites (tertiary alicyclic amines) is 1. The van der Waals surface area contributed by atoms with Gasteiger partial charge in [0.1, 0.15) is 4.88 Å². The van der Waals surface area contributed by atoms with E-state index in [1.54, 1.807) is 0 Å². The van der Waals surface area contributed by atoms with Crippen molar-refractivity contribution < 1.29 is 4.79 Å². The smallest absolute Gasteiger partial charge is 0.265 e. The molecule has 3 nitrogen and oxygen atoms in total. The number of nitrogens with two attached hydrogens (primary N) is 1. The predicted molar refractivity (Wildman–Crippen MR) is 83.6 cm³/mol. The van der Waals surface area contributed by atoms with Crippen LogP contribution in [0.3, 0.4) is 0 Å². The minimum absolute atomic E-state index is 0. The van der Waals surface area contributed by atoms with Crippen molar-refractivity contribution in [2.24, 2.45) is 11.7 Å². The lowest BCUT2D eigenvalue weighted by atomic mass is 9.95. The molecular formula is C13H20Cl2N2OS. The van der Waals surface area contributed by atoms with E-state index in [4.69, 9.17) is 17.3 Å². The molecule has 1 aromatic rings. The number of thiophene rings is 1. The molecule has 1 aliphatic heterocycles. The Bertz CT molecular complexity index is 434. The van der Waals surface area contributed by atoms with Crippen molar-refractivity contribution in [1.82, 2.24) is 4.90 Å². The van der Waals surface area contributed by atoms with Gasteiger partial charge in [0.05, 0.1) is 5.02 Å². The van der Waals surface area contributed by atoms with Crippen LogP contribution in [-0.2, 0) is 0 Å². The fourth-order valence-electron chi connectivity index (χ4n) is 2.44. The molecule has 1 amide bonds. The van der Waals surface area contributed by atoms with Crippen LogP contribution in [0.1, 0.15) is 34.5 Å².